The summed E-state index contributed by atoms with van der Waals surface area (Å²) in [6.45, 7) is 3.92. The molecule has 1 aliphatic heterocycles. The normalized spacial score (nSPS) is 12.7. The van der Waals surface area contributed by atoms with Crippen LogP contribution in [0, 0.1) is 0 Å². The van der Waals surface area contributed by atoms with Gasteiger partial charge < -0.3 is 24.3 Å². The van der Waals surface area contributed by atoms with Crippen LogP contribution in [0.4, 0.5) is 0 Å². The van der Waals surface area contributed by atoms with Gasteiger partial charge in [0.15, 0.2) is 23.0 Å². The molecule has 0 aliphatic carbocycles. The lowest BCUT2D eigenvalue weighted by Crippen LogP contribution is -2.22. The summed E-state index contributed by atoms with van der Waals surface area (Å²) in [4.78, 5) is 12.2. The van der Waals surface area contributed by atoms with Crippen LogP contribution in [0.3, 0.4) is 0 Å². The van der Waals surface area contributed by atoms with Gasteiger partial charge in [-0.1, -0.05) is 30.7 Å². The van der Waals surface area contributed by atoms with Crippen molar-refractivity contribution >= 4 is 23.6 Å². The monoisotopic (exact) mass is 417 g/mol. The predicted octanol–water partition coefficient (Wildman–Crippen LogP) is 4.24. The Hall–Kier alpha value is -2.86. The molecule has 6 nitrogen and oxygen atoms in total. The van der Waals surface area contributed by atoms with E-state index >= 15 is 0 Å². The summed E-state index contributed by atoms with van der Waals surface area (Å²) < 4.78 is 22.2. The number of benzene rings is 2. The second-order valence-electron chi connectivity index (χ2n) is 6.38. The molecule has 0 atom stereocenters. The lowest BCUT2D eigenvalue weighted by Gasteiger charge is -2.20. The van der Waals surface area contributed by atoms with Crippen LogP contribution in [0.1, 0.15) is 24.5 Å². The van der Waals surface area contributed by atoms with Gasteiger partial charge in [0, 0.05) is 18.2 Å². The smallest absolute Gasteiger partial charge is 0.244 e. The Morgan fingerprint density at radius 1 is 1.28 bits per heavy atom. The molecule has 1 amide bonds. The summed E-state index contributed by atoms with van der Waals surface area (Å²) in [7, 11) is 1.55. The molecule has 1 heterocycles. The lowest BCUT2D eigenvalue weighted by molar-refractivity contribution is -0.116. The van der Waals surface area contributed by atoms with Gasteiger partial charge in [0.25, 0.3) is 0 Å². The maximum absolute atomic E-state index is 12.2. The van der Waals surface area contributed by atoms with Gasteiger partial charge in [0.1, 0.15) is 13.2 Å². The van der Waals surface area contributed by atoms with E-state index in [0.717, 1.165) is 17.5 Å². The molecule has 7 heteroatoms. The van der Waals surface area contributed by atoms with Crippen LogP contribution >= 0.6 is 11.6 Å². The van der Waals surface area contributed by atoms with E-state index in [1.54, 1.807) is 25.3 Å². The minimum Gasteiger partial charge on any atom is -0.493 e. The molecular weight excluding hydrogens is 394 g/mol. The Morgan fingerprint density at radius 2 is 2.10 bits per heavy atom. The van der Waals surface area contributed by atoms with Crippen molar-refractivity contribution in [1.29, 1.82) is 0 Å². The Labute approximate surface area is 175 Å². The molecule has 3 rings (SSSR count). The first kappa shape index (κ1) is 20.9. The van der Waals surface area contributed by atoms with Crippen molar-refractivity contribution < 1.29 is 23.7 Å². The van der Waals surface area contributed by atoms with Gasteiger partial charge in [-0.05, 0) is 36.3 Å². The van der Waals surface area contributed by atoms with Gasteiger partial charge in [-0.25, -0.2) is 0 Å². The largest absolute Gasteiger partial charge is 0.493 e. The topological polar surface area (TPSA) is 66.0 Å². The van der Waals surface area contributed by atoms with Crippen LogP contribution in [-0.2, 0) is 11.3 Å². The van der Waals surface area contributed by atoms with E-state index in [4.69, 9.17) is 30.5 Å². The van der Waals surface area contributed by atoms with Crippen LogP contribution < -0.4 is 24.3 Å². The molecule has 0 saturated heterocycles. The number of para-hydroxylation sites is 1. The van der Waals surface area contributed by atoms with Gasteiger partial charge in [-0.15, -0.1) is 0 Å². The molecule has 0 unspecified atom stereocenters. The number of carbonyl (C=O) groups is 1. The third-order valence-electron chi connectivity index (χ3n) is 4.23. The van der Waals surface area contributed by atoms with Crippen LogP contribution in [0.5, 0.6) is 23.0 Å². The fraction of sp³-hybridized carbons (Fsp3) is 0.318. The van der Waals surface area contributed by atoms with E-state index in [0.29, 0.717) is 54.4 Å². The Balaban J connectivity index is 1.64. The molecule has 0 fully saturated rings. The molecule has 0 spiro atoms. The average molecular weight is 418 g/mol. The van der Waals surface area contributed by atoms with E-state index in [9.17, 15) is 4.79 Å². The van der Waals surface area contributed by atoms with Crippen molar-refractivity contribution in [2.45, 2.75) is 19.9 Å². The molecule has 2 aromatic carbocycles. The third kappa shape index (κ3) is 5.35. The van der Waals surface area contributed by atoms with Gasteiger partial charge in [0.2, 0.25) is 5.91 Å². The standard InChI is InChI=1S/C22H24ClNO5/c1-3-9-28-22-17(23)12-15(13-19(22)26-2)7-8-20(25)24-14-16-5-4-6-18-21(16)29-11-10-27-18/h4-8,12-13H,3,9-11,14H2,1-2H3,(H,24,25)/b8-7+. The molecule has 29 heavy (non-hydrogen) atoms. The van der Waals surface area contributed by atoms with Gasteiger partial charge in [0.05, 0.1) is 18.7 Å². The highest BCUT2D eigenvalue weighted by Gasteiger charge is 2.15. The highest BCUT2D eigenvalue weighted by molar-refractivity contribution is 6.32. The summed E-state index contributed by atoms with van der Waals surface area (Å²) in [6, 6.07) is 9.14. The molecule has 1 aliphatic rings. The maximum Gasteiger partial charge on any atom is 0.244 e. The summed E-state index contributed by atoms with van der Waals surface area (Å²) in [5.41, 5.74) is 1.60. The Bertz CT molecular complexity index is 897. The Morgan fingerprint density at radius 3 is 2.90 bits per heavy atom. The first-order valence-electron chi connectivity index (χ1n) is 9.46. The fourth-order valence-electron chi connectivity index (χ4n) is 2.87. The molecule has 0 bridgehead atoms. The number of nitrogens with one attached hydrogen (secondary N) is 1. The zero-order valence-electron chi connectivity index (χ0n) is 16.5. The molecule has 2 aromatic rings. The fourth-order valence-corrected chi connectivity index (χ4v) is 3.14. The van der Waals surface area contributed by atoms with E-state index < -0.39 is 0 Å². The van der Waals surface area contributed by atoms with Crippen molar-refractivity contribution in [2.24, 2.45) is 0 Å². The van der Waals surface area contributed by atoms with Crippen LogP contribution in [-0.4, -0.2) is 32.8 Å². The first-order chi connectivity index (χ1) is 14.1. The molecule has 1 N–H and O–H groups in total. The number of halogens is 1. The zero-order chi connectivity index (χ0) is 20.6. The Kier molecular flexibility index (Phi) is 7.25. The summed E-state index contributed by atoms with van der Waals surface area (Å²) in [5, 5.41) is 3.29. The van der Waals surface area contributed by atoms with Crippen molar-refractivity contribution in [1.82, 2.24) is 5.32 Å². The second kappa shape index (κ2) is 10.1. The number of methoxy groups -OCH3 is 1. The highest BCUT2D eigenvalue weighted by Crippen LogP contribution is 2.37. The molecule has 0 radical (unpaired) electrons. The van der Waals surface area contributed by atoms with Crippen LogP contribution in [0.15, 0.2) is 36.4 Å². The number of amides is 1. The van der Waals surface area contributed by atoms with Crippen LogP contribution in [0.2, 0.25) is 5.02 Å². The predicted molar refractivity (Wildman–Crippen MR) is 112 cm³/mol. The van der Waals surface area contributed by atoms with E-state index in [1.807, 2.05) is 25.1 Å². The summed E-state index contributed by atoms with van der Waals surface area (Å²) >= 11 is 6.31. The minimum absolute atomic E-state index is 0.235. The molecule has 0 saturated carbocycles. The van der Waals surface area contributed by atoms with E-state index in [-0.39, 0.29) is 5.91 Å². The summed E-state index contributed by atoms with van der Waals surface area (Å²) in [5.74, 6) is 2.18. The van der Waals surface area contributed by atoms with Gasteiger partial charge in [-0.3, -0.25) is 4.79 Å². The second-order valence-corrected chi connectivity index (χ2v) is 6.78. The number of carbonyl (C=O) groups excluding carboxylic acids is 1. The number of fused-ring (bicyclic) bond motifs is 1. The van der Waals surface area contributed by atoms with E-state index in [1.165, 1.54) is 6.08 Å². The van der Waals surface area contributed by atoms with Crippen molar-refractivity contribution in [3.63, 3.8) is 0 Å². The average Bonchev–Trinajstić information content (AvgIpc) is 2.75. The van der Waals surface area contributed by atoms with Crippen molar-refractivity contribution in [2.75, 3.05) is 26.9 Å². The number of hydrogen-bond acceptors (Lipinski definition) is 5. The minimum atomic E-state index is -0.235. The summed E-state index contributed by atoms with van der Waals surface area (Å²) in [6.07, 6.45) is 3.99. The zero-order valence-corrected chi connectivity index (χ0v) is 17.3. The van der Waals surface area contributed by atoms with E-state index in [2.05, 4.69) is 5.32 Å². The third-order valence-corrected chi connectivity index (χ3v) is 4.51. The number of ether oxygens (including phenoxy) is 4. The molecular formula is C22H24ClNO5. The molecule has 0 aromatic heterocycles. The maximum atomic E-state index is 12.2. The van der Waals surface area contributed by atoms with Crippen molar-refractivity contribution in [3.05, 3.63) is 52.6 Å². The van der Waals surface area contributed by atoms with Crippen LogP contribution in [0.25, 0.3) is 6.08 Å². The first-order valence-corrected chi connectivity index (χ1v) is 9.84. The number of rotatable bonds is 8. The number of hydrogen-bond donors (Lipinski definition) is 1. The van der Waals surface area contributed by atoms with Gasteiger partial charge in [-0.2, -0.15) is 0 Å². The van der Waals surface area contributed by atoms with Gasteiger partial charge >= 0.3 is 0 Å². The SMILES string of the molecule is CCCOc1c(Cl)cc(/C=C/C(=O)NCc2cccc3c2OCCO3)cc1OC. The quantitative estimate of drug-likeness (QED) is 0.651. The lowest BCUT2D eigenvalue weighted by atomic mass is 10.1. The van der Waals surface area contributed by atoms with Crippen molar-refractivity contribution in [3.8, 4) is 23.0 Å². The highest BCUT2D eigenvalue weighted by atomic mass is 35.5. The molecule has 154 valence electrons.